The lowest BCUT2D eigenvalue weighted by Gasteiger charge is -2.21. The molecular formula is C14H23ClN2O2. The molecule has 1 unspecified atom stereocenters. The van der Waals surface area contributed by atoms with Crippen molar-refractivity contribution < 1.29 is 9.53 Å². The third-order valence-corrected chi connectivity index (χ3v) is 2.89. The molecule has 108 valence electrons. The molecule has 0 saturated heterocycles. The number of rotatable bonds is 6. The Morgan fingerprint density at radius 2 is 1.84 bits per heavy atom. The van der Waals surface area contributed by atoms with Crippen LogP contribution < -0.4 is 5.73 Å². The molecule has 0 heterocycles. The third kappa shape index (κ3) is 5.59. The van der Waals surface area contributed by atoms with Crippen molar-refractivity contribution in [1.82, 2.24) is 4.90 Å². The summed E-state index contributed by atoms with van der Waals surface area (Å²) in [6.45, 7) is 2.94. The summed E-state index contributed by atoms with van der Waals surface area (Å²) in [5.74, 6) is -0.101. The number of carbonyl (C=O) groups excluding carboxylic acids is 1. The van der Waals surface area contributed by atoms with Crippen molar-refractivity contribution in [2.45, 2.75) is 25.9 Å². The lowest BCUT2D eigenvalue weighted by atomic mass is 10.1. The van der Waals surface area contributed by atoms with Crippen molar-refractivity contribution in [3.63, 3.8) is 0 Å². The Hall–Kier alpha value is -1.10. The van der Waals surface area contributed by atoms with Gasteiger partial charge in [0, 0.05) is 20.7 Å². The van der Waals surface area contributed by atoms with E-state index in [-0.39, 0.29) is 24.9 Å². The first kappa shape index (κ1) is 17.9. The molecule has 1 amide bonds. The molecule has 0 aliphatic rings. The van der Waals surface area contributed by atoms with Crippen LogP contribution in [0.2, 0.25) is 0 Å². The second-order valence-corrected chi connectivity index (χ2v) is 4.43. The molecule has 0 bridgehead atoms. The second kappa shape index (κ2) is 8.91. The number of carbonyl (C=O) groups is 1. The molecule has 19 heavy (non-hydrogen) atoms. The maximum atomic E-state index is 11.9. The smallest absolute Gasteiger partial charge is 0.241 e. The van der Waals surface area contributed by atoms with E-state index in [1.165, 1.54) is 12.7 Å². The number of benzene rings is 1. The van der Waals surface area contributed by atoms with Gasteiger partial charge in [-0.2, -0.15) is 0 Å². The molecule has 0 aliphatic heterocycles. The first-order valence-electron chi connectivity index (χ1n) is 6.15. The topological polar surface area (TPSA) is 55.6 Å². The van der Waals surface area contributed by atoms with E-state index in [2.05, 4.69) is 19.1 Å². The zero-order chi connectivity index (χ0) is 13.5. The highest BCUT2D eigenvalue weighted by Crippen LogP contribution is 2.08. The maximum Gasteiger partial charge on any atom is 0.241 e. The number of likely N-dealkylation sites (N-methyl/N-ethyl adjacent to an activating group) is 1. The number of hydrogen-bond acceptors (Lipinski definition) is 3. The fraction of sp³-hybridized carbons (Fsp3) is 0.500. The van der Waals surface area contributed by atoms with E-state index in [0.29, 0.717) is 6.54 Å². The van der Waals surface area contributed by atoms with Gasteiger partial charge in [-0.25, -0.2) is 0 Å². The fourth-order valence-electron chi connectivity index (χ4n) is 1.77. The van der Waals surface area contributed by atoms with E-state index < -0.39 is 6.04 Å². The van der Waals surface area contributed by atoms with E-state index in [1.807, 2.05) is 12.1 Å². The molecule has 0 fully saturated rings. The van der Waals surface area contributed by atoms with Gasteiger partial charge in [0.05, 0.1) is 6.61 Å². The van der Waals surface area contributed by atoms with Gasteiger partial charge in [0.25, 0.3) is 0 Å². The minimum absolute atomic E-state index is 0. The van der Waals surface area contributed by atoms with Gasteiger partial charge < -0.3 is 15.4 Å². The summed E-state index contributed by atoms with van der Waals surface area (Å²) >= 11 is 0. The first-order chi connectivity index (χ1) is 8.58. The summed E-state index contributed by atoms with van der Waals surface area (Å²) in [6, 6.07) is 7.68. The zero-order valence-electron chi connectivity index (χ0n) is 11.8. The van der Waals surface area contributed by atoms with E-state index in [1.54, 1.807) is 11.9 Å². The Morgan fingerprint density at radius 3 is 2.32 bits per heavy atom. The highest BCUT2D eigenvalue weighted by atomic mass is 35.5. The molecule has 1 rings (SSSR count). The predicted molar refractivity (Wildman–Crippen MR) is 79.4 cm³/mol. The average molecular weight is 287 g/mol. The van der Waals surface area contributed by atoms with Crippen LogP contribution in [0.25, 0.3) is 0 Å². The molecule has 1 atom stereocenters. The van der Waals surface area contributed by atoms with Crippen LogP contribution in [-0.2, 0) is 22.5 Å². The van der Waals surface area contributed by atoms with Crippen LogP contribution >= 0.6 is 12.4 Å². The number of nitrogens with zero attached hydrogens (tertiary/aromatic N) is 1. The SMILES string of the molecule is CCc1ccc(CN(C)C(=O)C(N)COC)cc1.Cl. The van der Waals surface area contributed by atoms with E-state index >= 15 is 0 Å². The summed E-state index contributed by atoms with van der Waals surface area (Å²) in [4.78, 5) is 13.5. The minimum atomic E-state index is -0.588. The molecule has 0 spiro atoms. The van der Waals surface area contributed by atoms with Crippen molar-refractivity contribution in [1.29, 1.82) is 0 Å². The highest BCUT2D eigenvalue weighted by molar-refractivity contribution is 5.85. The summed E-state index contributed by atoms with van der Waals surface area (Å²) < 4.78 is 4.88. The summed E-state index contributed by atoms with van der Waals surface area (Å²) in [5.41, 5.74) is 8.11. The van der Waals surface area contributed by atoms with Crippen molar-refractivity contribution in [2.24, 2.45) is 5.73 Å². The molecule has 1 aromatic carbocycles. The van der Waals surface area contributed by atoms with Crippen LogP contribution in [0.3, 0.4) is 0 Å². The number of nitrogens with two attached hydrogens (primary N) is 1. The van der Waals surface area contributed by atoms with Crippen LogP contribution in [0.5, 0.6) is 0 Å². The fourth-order valence-corrected chi connectivity index (χ4v) is 1.77. The molecule has 0 radical (unpaired) electrons. The van der Waals surface area contributed by atoms with Gasteiger partial charge in [0.2, 0.25) is 5.91 Å². The molecule has 2 N–H and O–H groups in total. The highest BCUT2D eigenvalue weighted by Gasteiger charge is 2.17. The third-order valence-electron chi connectivity index (χ3n) is 2.89. The quantitative estimate of drug-likeness (QED) is 0.864. The van der Waals surface area contributed by atoms with E-state index in [9.17, 15) is 4.79 Å². The summed E-state index contributed by atoms with van der Waals surface area (Å²) in [5, 5.41) is 0. The molecule has 0 aromatic heterocycles. The number of ether oxygens (including phenoxy) is 1. The summed E-state index contributed by atoms with van der Waals surface area (Å²) in [6.07, 6.45) is 1.02. The monoisotopic (exact) mass is 286 g/mol. The molecular weight excluding hydrogens is 264 g/mol. The number of halogens is 1. The molecule has 0 aliphatic carbocycles. The Bertz CT molecular complexity index is 382. The number of aryl methyl sites for hydroxylation is 1. The number of methoxy groups -OCH3 is 1. The van der Waals surface area contributed by atoms with Gasteiger partial charge in [0.15, 0.2) is 0 Å². The maximum absolute atomic E-state index is 11.9. The van der Waals surface area contributed by atoms with Crippen LogP contribution in [0.15, 0.2) is 24.3 Å². The Labute approximate surface area is 121 Å². The average Bonchev–Trinajstić information content (AvgIpc) is 2.39. The molecule has 5 heteroatoms. The van der Waals surface area contributed by atoms with Gasteiger partial charge in [-0.15, -0.1) is 12.4 Å². The number of amides is 1. The van der Waals surface area contributed by atoms with Gasteiger partial charge in [-0.3, -0.25) is 4.79 Å². The lowest BCUT2D eigenvalue weighted by molar-refractivity contribution is -0.132. The normalized spacial score (nSPS) is 11.6. The predicted octanol–water partition coefficient (Wildman–Crippen LogP) is 1.60. The van der Waals surface area contributed by atoms with Crippen LogP contribution in [0, 0.1) is 0 Å². The van der Waals surface area contributed by atoms with Crippen molar-refractivity contribution in [3.8, 4) is 0 Å². The van der Waals surface area contributed by atoms with Crippen molar-refractivity contribution in [3.05, 3.63) is 35.4 Å². The van der Waals surface area contributed by atoms with Crippen molar-refractivity contribution in [2.75, 3.05) is 20.8 Å². The van der Waals surface area contributed by atoms with Gasteiger partial charge in [-0.1, -0.05) is 31.2 Å². The van der Waals surface area contributed by atoms with Gasteiger partial charge in [0.1, 0.15) is 6.04 Å². The van der Waals surface area contributed by atoms with Crippen LogP contribution in [0.4, 0.5) is 0 Å². The van der Waals surface area contributed by atoms with Crippen LogP contribution in [0.1, 0.15) is 18.1 Å². The molecule has 1 aromatic rings. The second-order valence-electron chi connectivity index (χ2n) is 4.43. The zero-order valence-corrected chi connectivity index (χ0v) is 12.6. The lowest BCUT2D eigenvalue weighted by Crippen LogP contribution is -2.44. The standard InChI is InChI=1S/C14H22N2O2.ClH/c1-4-11-5-7-12(8-6-11)9-16(2)14(17)13(15)10-18-3;/h5-8,13H,4,9-10,15H2,1-3H3;1H. The Kier molecular flexibility index (Phi) is 8.39. The largest absolute Gasteiger partial charge is 0.383 e. The van der Waals surface area contributed by atoms with Crippen LogP contribution in [-0.4, -0.2) is 37.6 Å². The Morgan fingerprint density at radius 1 is 1.32 bits per heavy atom. The Balaban J connectivity index is 0.00000324. The molecule has 4 nitrogen and oxygen atoms in total. The van der Waals surface area contributed by atoms with Crippen molar-refractivity contribution >= 4 is 18.3 Å². The van der Waals surface area contributed by atoms with Gasteiger partial charge >= 0.3 is 0 Å². The number of hydrogen-bond donors (Lipinski definition) is 1. The minimum Gasteiger partial charge on any atom is -0.383 e. The van der Waals surface area contributed by atoms with E-state index in [4.69, 9.17) is 10.5 Å². The summed E-state index contributed by atoms with van der Waals surface area (Å²) in [7, 11) is 3.29. The first-order valence-corrected chi connectivity index (χ1v) is 6.15. The molecule has 0 saturated carbocycles. The van der Waals surface area contributed by atoms with Gasteiger partial charge in [-0.05, 0) is 17.5 Å². The van der Waals surface area contributed by atoms with E-state index in [0.717, 1.165) is 12.0 Å².